The van der Waals surface area contributed by atoms with Gasteiger partial charge in [-0.1, -0.05) is 26.0 Å². The van der Waals surface area contributed by atoms with E-state index in [9.17, 15) is 22.8 Å². The number of hydrogen-bond donors (Lipinski definition) is 0. The van der Waals surface area contributed by atoms with E-state index in [4.69, 9.17) is 0 Å². The third-order valence-corrected chi connectivity index (χ3v) is 5.41. The number of nitrogens with zero attached hydrogens (tertiary/aromatic N) is 4. The van der Waals surface area contributed by atoms with Crippen molar-refractivity contribution in [2.24, 2.45) is 5.92 Å². The molecule has 0 fully saturated rings. The lowest BCUT2D eigenvalue weighted by atomic mass is 10.1. The molecule has 4 rings (SSSR count). The quantitative estimate of drug-likeness (QED) is 0.505. The number of rotatable bonds is 4. The van der Waals surface area contributed by atoms with Gasteiger partial charge in [0.25, 0.3) is 5.56 Å². The Morgan fingerprint density at radius 1 is 1.17 bits per heavy atom. The van der Waals surface area contributed by atoms with Crippen molar-refractivity contribution >= 4 is 27.3 Å². The Labute approximate surface area is 166 Å². The molecule has 0 bridgehead atoms. The number of halogens is 3. The second-order valence-corrected chi connectivity index (χ2v) is 8.13. The van der Waals surface area contributed by atoms with Crippen LogP contribution in [-0.2, 0) is 19.3 Å². The second kappa shape index (κ2) is 6.87. The summed E-state index contributed by atoms with van der Waals surface area (Å²) in [6.07, 6.45) is -4.47. The molecule has 3 heterocycles. The summed E-state index contributed by atoms with van der Waals surface area (Å²) in [5.41, 5.74) is -0.769. The summed E-state index contributed by atoms with van der Waals surface area (Å²) >= 11 is 1.24. The molecule has 0 saturated heterocycles. The second-order valence-electron chi connectivity index (χ2n) is 7.22. The van der Waals surface area contributed by atoms with E-state index in [0.717, 1.165) is 16.8 Å². The van der Waals surface area contributed by atoms with Gasteiger partial charge in [-0.15, -0.1) is 16.4 Å². The molecule has 0 N–H and O–H groups in total. The molecule has 0 aliphatic carbocycles. The molecule has 0 atom stereocenters. The topological polar surface area (TPSA) is 61.3 Å². The lowest BCUT2D eigenvalue weighted by Gasteiger charge is -2.09. The molecule has 6 nitrogen and oxygen atoms in total. The van der Waals surface area contributed by atoms with Crippen LogP contribution in [0.4, 0.5) is 13.2 Å². The molecule has 0 radical (unpaired) electrons. The molecule has 152 valence electrons. The van der Waals surface area contributed by atoms with Gasteiger partial charge in [0, 0.05) is 6.54 Å². The molecule has 4 aromatic rings. The van der Waals surface area contributed by atoms with Gasteiger partial charge in [0.05, 0.1) is 17.6 Å². The summed E-state index contributed by atoms with van der Waals surface area (Å²) in [7, 11) is 0. The SMILES string of the molecule is CC(C)Cn1c(=O)c2sccc2n2c(=O)n(Cc3cccc(C(F)(F)F)c3)nc12. The number of aromatic nitrogens is 4. The smallest absolute Gasteiger partial charge is 0.275 e. The number of fused-ring (bicyclic) bond motifs is 3. The highest BCUT2D eigenvalue weighted by molar-refractivity contribution is 7.17. The van der Waals surface area contributed by atoms with Crippen molar-refractivity contribution in [1.82, 2.24) is 18.7 Å². The van der Waals surface area contributed by atoms with Gasteiger partial charge in [-0.3, -0.25) is 9.36 Å². The minimum absolute atomic E-state index is 0.133. The normalized spacial score (nSPS) is 12.5. The first-order valence-electron chi connectivity index (χ1n) is 8.92. The van der Waals surface area contributed by atoms with Crippen LogP contribution in [0.1, 0.15) is 25.0 Å². The summed E-state index contributed by atoms with van der Waals surface area (Å²) in [5, 5.41) is 6.02. The zero-order chi connectivity index (χ0) is 20.9. The molecule has 1 aromatic carbocycles. The van der Waals surface area contributed by atoms with Crippen molar-refractivity contribution < 1.29 is 13.2 Å². The minimum atomic E-state index is -4.47. The standard InChI is InChI=1S/C19H17F3N4O2S/c1-11(2)9-24-16(27)15-14(6-7-29-15)26-17(24)23-25(18(26)28)10-12-4-3-5-13(8-12)19(20,21)22/h3-8,11H,9-10H2,1-2H3. The van der Waals surface area contributed by atoms with Crippen molar-refractivity contribution in [2.45, 2.75) is 33.1 Å². The van der Waals surface area contributed by atoms with Gasteiger partial charge in [-0.2, -0.15) is 13.2 Å². The Bertz CT molecular complexity index is 1330. The van der Waals surface area contributed by atoms with E-state index in [2.05, 4.69) is 5.10 Å². The maximum Gasteiger partial charge on any atom is 0.416 e. The highest BCUT2D eigenvalue weighted by Crippen LogP contribution is 2.29. The molecule has 0 unspecified atom stereocenters. The number of benzene rings is 1. The van der Waals surface area contributed by atoms with Crippen LogP contribution in [0.3, 0.4) is 0 Å². The van der Waals surface area contributed by atoms with Crippen molar-refractivity contribution in [1.29, 1.82) is 0 Å². The zero-order valence-corrected chi connectivity index (χ0v) is 16.4. The molecule has 10 heteroatoms. The van der Waals surface area contributed by atoms with Crippen molar-refractivity contribution in [3.05, 3.63) is 67.7 Å². The van der Waals surface area contributed by atoms with Crippen molar-refractivity contribution in [3.8, 4) is 0 Å². The summed E-state index contributed by atoms with van der Waals surface area (Å²) in [4.78, 5) is 25.9. The van der Waals surface area contributed by atoms with Crippen LogP contribution in [0.25, 0.3) is 16.0 Å². The zero-order valence-electron chi connectivity index (χ0n) is 15.6. The fraction of sp³-hybridized carbons (Fsp3) is 0.316. The third kappa shape index (κ3) is 3.37. The molecule has 29 heavy (non-hydrogen) atoms. The van der Waals surface area contributed by atoms with E-state index in [1.165, 1.54) is 32.4 Å². The number of thiophene rings is 1. The Morgan fingerprint density at radius 3 is 2.62 bits per heavy atom. The molecule has 0 amide bonds. The van der Waals surface area contributed by atoms with E-state index in [0.29, 0.717) is 22.3 Å². The fourth-order valence-electron chi connectivity index (χ4n) is 3.29. The van der Waals surface area contributed by atoms with Crippen molar-refractivity contribution in [2.75, 3.05) is 0 Å². The molecular weight excluding hydrogens is 405 g/mol. The lowest BCUT2D eigenvalue weighted by Crippen LogP contribution is -2.27. The molecule has 0 aliphatic rings. The average molecular weight is 422 g/mol. The van der Waals surface area contributed by atoms with Crippen molar-refractivity contribution in [3.63, 3.8) is 0 Å². The number of hydrogen-bond acceptors (Lipinski definition) is 4. The van der Waals surface area contributed by atoms with Crippen LogP contribution in [0, 0.1) is 5.92 Å². The Balaban J connectivity index is 1.91. The molecular formula is C19H17F3N4O2S. The maximum atomic E-state index is 13.0. The monoisotopic (exact) mass is 422 g/mol. The third-order valence-electron chi connectivity index (χ3n) is 4.52. The number of alkyl halides is 3. The predicted molar refractivity (Wildman–Crippen MR) is 104 cm³/mol. The van der Waals surface area contributed by atoms with E-state index in [1.54, 1.807) is 11.4 Å². The van der Waals surface area contributed by atoms with E-state index in [-0.39, 0.29) is 23.8 Å². The molecule has 0 saturated carbocycles. The van der Waals surface area contributed by atoms with Crippen LogP contribution < -0.4 is 11.2 Å². The maximum absolute atomic E-state index is 13.0. The first-order chi connectivity index (χ1) is 13.7. The first-order valence-corrected chi connectivity index (χ1v) is 9.80. The largest absolute Gasteiger partial charge is 0.416 e. The van der Waals surface area contributed by atoms with Crippen LogP contribution in [0.15, 0.2) is 45.3 Å². The lowest BCUT2D eigenvalue weighted by molar-refractivity contribution is -0.137. The Kier molecular flexibility index (Phi) is 4.60. The van der Waals surface area contributed by atoms with Gasteiger partial charge in [-0.25, -0.2) is 13.9 Å². The minimum Gasteiger partial charge on any atom is -0.275 e. The molecule has 0 spiro atoms. The van der Waals surface area contributed by atoms with E-state index >= 15 is 0 Å². The van der Waals surface area contributed by atoms with Gasteiger partial charge >= 0.3 is 11.9 Å². The summed E-state index contributed by atoms with van der Waals surface area (Å²) in [6, 6.07) is 6.45. The van der Waals surface area contributed by atoms with E-state index in [1.807, 2.05) is 13.8 Å². The Hall–Kier alpha value is -2.88. The Morgan fingerprint density at radius 2 is 1.93 bits per heavy atom. The molecule has 0 aliphatic heterocycles. The summed E-state index contributed by atoms with van der Waals surface area (Å²) in [6.45, 7) is 4.13. The van der Waals surface area contributed by atoms with Gasteiger partial charge < -0.3 is 0 Å². The first kappa shape index (κ1) is 19.4. The van der Waals surface area contributed by atoms with Gasteiger partial charge in [0.15, 0.2) is 0 Å². The van der Waals surface area contributed by atoms with Gasteiger partial charge in [0.2, 0.25) is 5.78 Å². The fourth-order valence-corrected chi connectivity index (χ4v) is 4.11. The van der Waals surface area contributed by atoms with Gasteiger partial charge in [-0.05, 0) is 35.1 Å². The highest BCUT2D eigenvalue weighted by Gasteiger charge is 2.30. The summed E-state index contributed by atoms with van der Waals surface area (Å²) < 4.78 is 43.3. The van der Waals surface area contributed by atoms with Gasteiger partial charge in [0.1, 0.15) is 4.70 Å². The van der Waals surface area contributed by atoms with Crippen LogP contribution in [0.5, 0.6) is 0 Å². The van der Waals surface area contributed by atoms with Crippen LogP contribution in [0.2, 0.25) is 0 Å². The summed E-state index contributed by atoms with van der Waals surface area (Å²) in [5.74, 6) is 0.323. The average Bonchev–Trinajstić information content (AvgIpc) is 3.23. The molecule has 3 aromatic heterocycles. The predicted octanol–water partition coefficient (Wildman–Crippen LogP) is 3.60. The van der Waals surface area contributed by atoms with Crippen LogP contribution >= 0.6 is 11.3 Å². The highest BCUT2D eigenvalue weighted by atomic mass is 32.1. The van der Waals surface area contributed by atoms with E-state index < -0.39 is 17.4 Å². The van der Waals surface area contributed by atoms with Crippen LogP contribution in [-0.4, -0.2) is 18.7 Å².